The third-order valence-corrected chi connectivity index (χ3v) is 7.21. The molecule has 1 fully saturated rings. The average molecular weight is 504 g/mol. The van der Waals surface area contributed by atoms with Crippen molar-refractivity contribution in [2.75, 3.05) is 13.1 Å². The maximum atomic E-state index is 14.8. The van der Waals surface area contributed by atoms with Gasteiger partial charge in [-0.05, 0) is 54.0 Å². The molecule has 0 unspecified atom stereocenters. The Labute approximate surface area is 202 Å². The van der Waals surface area contributed by atoms with E-state index in [-0.39, 0.29) is 42.3 Å². The van der Waals surface area contributed by atoms with Gasteiger partial charge >= 0.3 is 6.18 Å². The number of fused-ring (bicyclic) bond motifs is 6. The van der Waals surface area contributed by atoms with Crippen molar-refractivity contribution < 1.29 is 31.5 Å². The summed E-state index contributed by atoms with van der Waals surface area (Å²) in [4.78, 5) is 20.8. The van der Waals surface area contributed by atoms with Crippen LogP contribution < -0.4 is 5.73 Å². The van der Waals surface area contributed by atoms with Crippen molar-refractivity contribution >= 4 is 17.6 Å². The quantitative estimate of drug-likeness (QED) is 0.552. The molecule has 0 aromatic heterocycles. The largest absolute Gasteiger partial charge is 0.491 e. The van der Waals surface area contributed by atoms with E-state index in [1.54, 1.807) is 0 Å². The van der Waals surface area contributed by atoms with Crippen LogP contribution in [0.5, 0.6) is 0 Å². The van der Waals surface area contributed by atoms with Crippen LogP contribution in [0.3, 0.4) is 0 Å². The Morgan fingerprint density at radius 2 is 1.92 bits per heavy atom. The number of benzene rings is 2. The molecule has 1 amide bonds. The van der Waals surface area contributed by atoms with Crippen LogP contribution in [-0.2, 0) is 17.5 Å². The van der Waals surface area contributed by atoms with Gasteiger partial charge in [0.15, 0.2) is 5.96 Å². The van der Waals surface area contributed by atoms with Crippen LogP contribution in [0.4, 0.5) is 27.6 Å². The van der Waals surface area contributed by atoms with Gasteiger partial charge < -0.3 is 20.3 Å². The second kappa shape index (κ2) is 7.68. The zero-order valence-corrected chi connectivity index (χ0v) is 18.9. The molecule has 2 atom stereocenters. The lowest BCUT2D eigenvalue weighted by Crippen LogP contribution is -2.43. The van der Waals surface area contributed by atoms with E-state index in [0.29, 0.717) is 29.9 Å². The van der Waals surface area contributed by atoms with Gasteiger partial charge in [-0.2, -0.15) is 13.2 Å². The molecule has 2 aromatic rings. The molecule has 2 aromatic carbocycles. The first kappa shape index (κ1) is 22.8. The summed E-state index contributed by atoms with van der Waals surface area (Å²) < 4.78 is 75.0. The van der Waals surface area contributed by atoms with Crippen LogP contribution >= 0.6 is 0 Å². The highest BCUT2D eigenvalue weighted by molar-refractivity contribution is 5.96. The maximum absolute atomic E-state index is 14.8. The zero-order chi connectivity index (χ0) is 25.4. The molecule has 6 nitrogen and oxygen atoms in total. The topological polar surface area (TPSA) is 71.2 Å². The highest BCUT2D eigenvalue weighted by Gasteiger charge is 2.53. The van der Waals surface area contributed by atoms with E-state index >= 15 is 0 Å². The van der Waals surface area contributed by atoms with Crippen molar-refractivity contribution in [1.29, 1.82) is 0 Å². The lowest BCUT2D eigenvalue weighted by molar-refractivity contribution is -0.137. The van der Waals surface area contributed by atoms with Crippen molar-refractivity contribution in [3.63, 3.8) is 0 Å². The second-order valence-electron chi connectivity index (χ2n) is 9.35. The van der Waals surface area contributed by atoms with Gasteiger partial charge in [-0.3, -0.25) is 4.79 Å². The number of guanidine groups is 1. The standard InChI is InChI=1S/C25H21F5N4O2/c26-24(27)7-9-34-21(24)17-11-13(3-6-18(17)32-23(34)31)22(35)33-8-1-2-19-20(33)16-5-4-15(25(28,29)30)10-14(16)12-36-19/h2-6,10-11,20-21H,1,7-9,12H2,(H2,31,32)/t20-,21-/m0/s1. The summed E-state index contributed by atoms with van der Waals surface area (Å²) in [5.41, 5.74) is 6.72. The first-order valence-electron chi connectivity index (χ1n) is 11.5. The number of hydrogen-bond acceptors (Lipinski definition) is 5. The van der Waals surface area contributed by atoms with Gasteiger partial charge in [0, 0.05) is 30.6 Å². The molecule has 2 N–H and O–H groups in total. The highest BCUT2D eigenvalue weighted by Crippen LogP contribution is 2.50. The molecule has 1 saturated heterocycles. The smallest absolute Gasteiger partial charge is 0.416 e. The van der Waals surface area contributed by atoms with E-state index in [1.165, 1.54) is 34.1 Å². The van der Waals surface area contributed by atoms with E-state index in [0.717, 1.165) is 12.1 Å². The van der Waals surface area contributed by atoms with E-state index < -0.39 is 35.7 Å². The number of halogens is 5. The molecule has 0 bridgehead atoms. The Balaban J connectivity index is 1.38. The van der Waals surface area contributed by atoms with Gasteiger partial charge in [-0.25, -0.2) is 13.8 Å². The van der Waals surface area contributed by atoms with Gasteiger partial charge in [0.05, 0.1) is 11.3 Å². The molecule has 36 heavy (non-hydrogen) atoms. The number of nitrogens with two attached hydrogens (primary N) is 1. The van der Waals surface area contributed by atoms with Crippen LogP contribution in [0.25, 0.3) is 0 Å². The predicted octanol–water partition coefficient (Wildman–Crippen LogP) is 5.05. The normalized spacial score (nSPS) is 24.0. The number of nitrogens with zero attached hydrogens (tertiary/aromatic N) is 3. The fourth-order valence-electron chi connectivity index (χ4n) is 5.52. The molecule has 0 aliphatic carbocycles. The summed E-state index contributed by atoms with van der Waals surface area (Å²) in [6, 6.07) is 5.85. The second-order valence-corrected chi connectivity index (χ2v) is 9.35. The molecular weight excluding hydrogens is 483 g/mol. The molecule has 4 aliphatic rings. The Kier molecular flexibility index (Phi) is 4.87. The van der Waals surface area contributed by atoms with Gasteiger partial charge in [-0.1, -0.05) is 6.07 Å². The van der Waals surface area contributed by atoms with Crippen molar-refractivity contribution in [2.45, 2.75) is 43.6 Å². The average Bonchev–Trinajstić information content (AvgIpc) is 3.18. The zero-order valence-electron chi connectivity index (χ0n) is 18.9. The molecular formula is C25H21F5N4O2. The fraction of sp³-hybridized carbons (Fsp3) is 0.360. The van der Waals surface area contributed by atoms with Gasteiger partial charge in [-0.15, -0.1) is 0 Å². The van der Waals surface area contributed by atoms with Crippen LogP contribution in [-0.4, -0.2) is 40.7 Å². The van der Waals surface area contributed by atoms with Gasteiger partial charge in [0.1, 0.15) is 24.4 Å². The summed E-state index contributed by atoms with van der Waals surface area (Å²) in [6.45, 7) is 0.320. The monoisotopic (exact) mass is 504 g/mol. The Hall–Kier alpha value is -3.63. The highest BCUT2D eigenvalue weighted by atomic mass is 19.4. The third-order valence-electron chi connectivity index (χ3n) is 7.21. The van der Waals surface area contributed by atoms with Crippen molar-refractivity contribution in [2.24, 2.45) is 10.7 Å². The van der Waals surface area contributed by atoms with Crippen molar-refractivity contribution in [1.82, 2.24) is 9.80 Å². The first-order chi connectivity index (χ1) is 17.0. The Morgan fingerprint density at radius 1 is 1.11 bits per heavy atom. The Bertz CT molecular complexity index is 1340. The van der Waals surface area contributed by atoms with Crippen LogP contribution in [0, 0.1) is 0 Å². The summed E-state index contributed by atoms with van der Waals surface area (Å²) in [7, 11) is 0. The predicted molar refractivity (Wildman–Crippen MR) is 119 cm³/mol. The summed E-state index contributed by atoms with van der Waals surface area (Å²) >= 11 is 0. The first-order valence-corrected chi connectivity index (χ1v) is 11.5. The molecule has 0 saturated carbocycles. The van der Waals surface area contributed by atoms with Crippen LogP contribution in [0.1, 0.15) is 57.5 Å². The number of carbonyl (C=O) groups excluding carboxylic acids is 1. The van der Waals surface area contributed by atoms with E-state index in [4.69, 9.17) is 10.5 Å². The van der Waals surface area contributed by atoms with Crippen LogP contribution in [0.15, 0.2) is 53.2 Å². The van der Waals surface area contributed by atoms with Gasteiger partial charge in [0.25, 0.3) is 11.8 Å². The number of hydrogen-bond donors (Lipinski definition) is 1. The number of aliphatic imine (C=N–C) groups is 1. The Morgan fingerprint density at radius 3 is 2.69 bits per heavy atom. The lowest BCUT2D eigenvalue weighted by Gasteiger charge is -2.40. The van der Waals surface area contributed by atoms with E-state index in [9.17, 15) is 26.7 Å². The molecule has 11 heteroatoms. The summed E-state index contributed by atoms with van der Waals surface area (Å²) in [6.07, 6.45) is -2.55. The van der Waals surface area contributed by atoms with Crippen molar-refractivity contribution in [3.8, 4) is 0 Å². The number of alkyl halides is 5. The molecule has 0 spiro atoms. The minimum Gasteiger partial charge on any atom is -0.491 e. The summed E-state index contributed by atoms with van der Waals surface area (Å²) in [5, 5.41) is 0. The van der Waals surface area contributed by atoms with Crippen LogP contribution in [0.2, 0.25) is 0 Å². The molecule has 4 aliphatic heterocycles. The molecule has 6 rings (SSSR count). The lowest BCUT2D eigenvalue weighted by atomic mass is 9.90. The number of rotatable bonds is 1. The minimum atomic E-state index is -4.50. The molecule has 0 radical (unpaired) electrons. The molecule has 188 valence electrons. The maximum Gasteiger partial charge on any atom is 0.416 e. The summed E-state index contributed by atoms with van der Waals surface area (Å²) in [5.74, 6) is -2.96. The SMILES string of the molecule is NC1=Nc2ccc(C(=O)N3CCC=C4OCc5cc(C(F)(F)F)ccc5[C@@H]43)cc2[C@@H]2N1CCC2(F)F. The minimum absolute atomic E-state index is 0.0174. The number of amides is 1. The fourth-order valence-corrected chi connectivity index (χ4v) is 5.52. The van der Waals surface area contributed by atoms with Crippen molar-refractivity contribution in [3.05, 3.63) is 76.1 Å². The van der Waals surface area contributed by atoms with E-state index in [1.807, 2.05) is 6.08 Å². The third kappa shape index (κ3) is 3.43. The van der Waals surface area contributed by atoms with Gasteiger partial charge in [0.2, 0.25) is 0 Å². The number of carbonyl (C=O) groups is 1. The molecule has 4 heterocycles. The number of ether oxygens (including phenoxy) is 1. The van der Waals surface area contributed by atoms with E-state index in [2.05, 4.69) is 4.99 Å².